The van der Waals surface area contributed by atoms with Crippen molar-refractivity contribution in [3.05, 3.63) is 53.9 Å². The molecule has 6 nitrogen and oxygen atoms in total. The third-order valence-electron chi connectivity index (χ3n) is 2.84. The number of carbonyl (C=O) groups is 2. The summed E-state index contributed by atoms with van der Waals surface area (Å²) in [4.78, 5) is 26.2. The van der Waals surface area contributed by atoms with Crippen molar-refractivity contribution >= 4 is 11.8 Å². The fourth-order valence-electron chi connectivity index (χ4n) is 1.63. The number of ether oxygens (including phenoxy) is 1. The van der Waals surface area contributed by atoms with Crippen LogP contribution in [-0.4, -0.2) is 22.9 Å². The van der Waals surface area contributed by atoms with E-state index in [1.165, 1.54) is 0 Å². The minimum atomic E-state index is -0.725. The Balaban J connectivity index is 1.82. The first-order valence-electron chi connectivity index (χ1n) is 6.53. The summed E-state index contributed by atoms with van der Waals surface area (Å²) in [5.74, 6) is -0.259. The van der Waals surface area contributed by atoms with Gasteiger partial charge in [-0.1, -0.05) is 17.7 Å². The third-order valence-corrected chi connectivity index (χ3v) is 2.84. The Morgan fingerprint density at radius 2 is 1.86 bits per heavy atom. The molecule has 0 radical (unpaired) electrons. The number of amides is 2. The van der Waals surface area contributed by atoms with Gasteiger partial charge in [0.1, 0.15) is 11.4 Å². The largest absolute Gasteiger partial charge is 0.481 e. The number of hydrogen-bond donors (Lipinski definition) is 3. The smallest absolute Gasteiger partial charge is 0.286 e. The van der Waals surface area contributed by atoms with Crippen LogP contribution in [-0.2, 0) is 4.79 Å². The zero-order valence-electron chi connectivity index (χ0n) is 11.8. The molecule has 0 spiro atoms. The minimum Gasteiger partial charge on any atom is -0.481 e. The van der Waals surface area contributed by atoms with Crippen LogP contribution >= 0.6 is 0 Å². The van der Waals surface area contributed by atoms with Gasteiger partial charge in [-0.3, -0.25) is 20.4 Å². The molecule has 0 saturated heterocycles. The number of H-pyrrole nitrogens is 1. The maximum absolute atomic E-state index is 11.8. The summed E-state index contributed by atoms with van der Waals surface area (Å²) in [6, 6.07) is 10.7. The van der Waals surface area contributed by atoms with Crippen LogP contribution in [0.1, 0.15) is 23.0 Å². The first-order valence-corrected chi connectivity index (χ1v) is 6.53. The van der Waals surface area contributed by atoms with Gasteiger partial charge in [-0.25, -0.2) is 0 Å². The van der Waals surface area contributed by atoms with Crippen molar-refractivity contribution in [3.63, 3.8) is 0 Å². The van der Waals surface area contributed by atoms with Gasteiger partial charge in [0.05, 0.1) is 0 Å². The summed E-state index contributed by atoms with van der Waals surface area (Å²) in [5.41, 5.74) is 6.10. The van der Waals surface area contributed by atoms with Gasteiger partial charge >= 0.3 is 0 Å². The molecule has 1 heterocycles. The number of aromatic nitrogens is 1. The van der Waals surface area contributed by atoms with E-state index in [0.29, 0.717) is 11.4 Å². The molecule has 0 aliphatic carbocycles. The molecule has 1 aromatic carbocycles. The number of rotatable bonds is 4. The molecule has 0 bridgehead atoms. The summed E-state index contributed by atoms with van der Waals surface area (Å²) >= 11 is 0. The second-order valence-corrected chi connectivity index (χ2v) is 4.60. The first-order chi connectivity index (χ1) is 10.1. The number of benzene rings is 1. The van der Waals surface area contributed by atoms with Gasteiger partial charge in [-0.05, 0) is 38.1 Å². The van der Waals surface area contributed by atoms with E-state index >= 15 is 0 Å². The molecule has 1 atom stereocenters. The zero-order chi connectivity index (χ0) is 15.2. The lowest BCUT2D eigenvalue weighted by atomic mass is 10.2. The highest BCUT2D eigenvalue weighted by atomic mass is 16.5. The van der Waals surface area contributed by atoms with Crippen LogP contribution in [0.3, 0.4) is 0 Å². The van der Waals surface area contributed by atoms with Gasteiger partial charge in [0.25, 0.3) is 11.8 Å². The Hall–Kier alpha value is -2.76. The molecular weight excluding hydrogens is 270 g/mol. The molecule has 0 aliphatic heterocycles. The highest BCUT2D eigenvalue weighted by Crippen LogP contribution is 2.13. The van der Waals surface area contributed by atoms with Crippen LogP contribution in [0.4, 0.5) is 0 Å². The van der Waals surface area contributed by atoms with Gasteiger partial charge in [-0.2, -0.15) is 0 Å². The van der Waals surface area contributed by atoms with Gasteiger partial charge in [0, 0.05) is 6.20 Å². The van der Waals surface area contributed by atoms with E-state index in [-0.39, 0.29) is 0 Å². The number of aryl methyl sites for hydroxylation is 1. The lowest BCUT2D eigenvalue weighted by molar-refractivity contribution is -0.128. The minimum absolute atomic E-state index is 0.363. The summed E-state index contributed by atoms with van der Waals surface area (Å²) < 4.78 is 5.48. The number of carbonyl (C=O) groups excluding carboxylic acids is 2. The van der Waals surface area contributed by atoms with Crippen LogP contribution in [0.2, 0.25) is 0 Å². The monoisotopic (exact) mass is 287 g/mol. The molecule has 2 amide bonds. The molecule has 0 aliphatic rings. The van der Waals surface area contributed by atoms with E-state index in [4.69, 9.17) is 4.74 Å². The molecule has 110 valence electrons. The summed E-state index contributed by atoms with van der Waals surface area (Å²) in [6.45, 7) is 3.58. The highest BCUT2D eigenvalue weighted by molar-refractivity contribution is 5.94. The van der Waals surface area contributed by atoms with Crippen LogP contribution in [0.5, 0.6) is 5.75 Å². The van der Waals surface area contributed by atoms with E-state index in [1.807, 2.05) is 19.1 Å². The lowest BCUT2D eigenvalue weighted by Crippen LogP contribution is -2.47. The van der Waals surface area contributed by atoms with Crippen LogP contribution < -0.4 is 15.6 Å². The zero-order valence-corrected chi connectivity index (χ0v) is 11.8. The van der Waals surface area contributed by atoms with Crippen molar-refractivity contribution in [2.24, 2.45) is 0 Å². The Kier molecular flexibility index (Phi) is 4.61. The summed E-state index contributed by atoms with van der Waals surface area (Å²) in [6.07, 6.45) is 0.900. The van der Waals surface area contributed by atoms with Crippen molar-refractivity contribution in [2.45, 2.75) is 20.0 Å². The first kappa shape index (κ1) is 14.6. The number of hydrogen-bond acceptors (Lipinski definition) is 3. The molecule has 0 fully saturated rings. The van der Waals surface area contributed by atoms with Crippen LogP contribution in [0, 0.1) is 6.92 Å². The Morgan fingerprint density at radius 3 is 2.48 bits per heavy atom. The normalized spacial score (nSPS) is 11.5. The molecule has 1 aromatic heterocycles. The fraction of sp³-hybridized carbons (Fsp3) is 0.200. The Bertz CT molecular complexity index is 606. The molecule has 1 unspecified atom stereocenters. The predicted octanol–water partition coefficient (Wildman–Crippen LogP) is 1.55. The van der Waals surface area contributed by atoms with Crippen molar-refractivity contribution in [3.8, 4) is 5.75 Å². The van der Waals surface area contributed by atoms with Crippen LogP contribution in [0.25, 0.3) is 0 Å². The molecule has 6 heteroatoms. The van der Waals surface area contributed by atoms with Gasteiger partial charge in [0.15, 0.2) is 6.10 Å². The van der Waals surface area contributed by atoms with Gasteiger partial charge in [-0.15, -0.1) is 0 Å². The van der Waals surface area contributed by atoms with E-state index in [1.54, 1.807) is 37.4 Å². The van der Waals surface area contributed by atoms with Crippen molar-refractivity contribution in [2.75, 3.05) is 0 Å². The Morgan fingerprint density at radius 1 is 1.14 bits per heavy atom. The van der Waals surface area contributed by atoms with E-state index in [0.717, 1.165) is 5.56 Å². The molecular formula is C15H17N3O3. The summed E-state index contributed by atoms with van der Waals surface area (Å²) in [5, 5.41) is 0. The average molecular weight is 287 g/mol. The summed E-state index contributed by atoms with van der Waals surface area (Å²) in [7, 11) is 0. The second-order valence-electron chi connectivity index (χ2n) is 4.60. The van der Waals surface area contributed by atoms with Crippen molar-refractivity contribution in [1.82, 2.24) is 15.8 Å². The van der Waals surface area contributed by atoms with Gasteiger partial charge < -0.3 is 9.72 Å². The van der Waals surface area contributed by atoms with Crippen molar-refractivity contribution < 1.29 is 14.3 Å². The predicted molar refractivity (Wildman–Crippen MR) is 77.7 cm³/mol. The molecule has 0 saturated carbocycles. The third kappa shape index (κ3) is 4.10. The average Bonchev–Trinajstić information content (AvgIpc) is 3.01. The molecule has 2 aromatic rings. The molecule has 21 heavy (non-hydrogen) atoms. The van der Waals surface area contributed by atoms with E-state index < -0.39 is 17.9 Å². The van der Waals surface area contributed by atoms with Crippen LogP contribution in [0.15, 0.2) is 42.6 Å². The highest BCUT2D eigenvalue weighted by Gasteiger charge is 2.15. The quantitative estimate of drug-likeness (QED) is 0.746. The molecule has 3 N–H and O–H groups in total. The van der Waals surface area contributed by atoms with E-state index in [2.05, 4.69) is 15.8 Å². The Labute approximate surface area is 122 Å². The fourth-order valence-corrected chi connectivity index (χ4v) is 1.63. The maximum atomic E-state index is 11.8. The van der Waals surface area contributed by atoms with Gasteiger partial charge in [0.2, 0.25) is 0 Å². The topological polar surface area (TPSA) is 83.2 Å². The number of aromatic amines is 1. The molecule has 2 rings (SSSR count). The van der Waals surface area contributed by atoms with E-state index in [9.17, 15) is 9.59 Å². The lowest BCUT2D eigenvalue weighted by Gasteiger charge is -2.15. The second kappa shape index (κ2) is 6.60. The maximum Gasteiger partial charge on any atom is 0.286 e. The number of nitrogens with one attached hydrogen (secondary N) is 3. The van der Waals surface area contributed by atoms with Crippen molar-refractivity contribution in [1.29, 1.82) is 0 Å². The standard InChI is InChI=1S/C15H17N3O3/c1-10-5-7-12(8-6-10)21-11(2)14(19)17-18-15(20)13-4-3-9-16-13/h3-9,11,16H,1-2H3,(H,17,19)(H,18,20). The number of hydrazine groups is 1. The SMILES string of the molecule is Cc1ccc(OC(C)C(=O)NNC(=O)c2ccc[nH]2)cc1.